The third-order valence-electron chi connectivity index (χ3n) is 2.04. The van der Waals surface area contributed by atoms with Crippen LogP contribution in [0.25, 0.3) is 0 Å². The van der Waals surface area contributed by atoms with Gasteiger partial charge in [-0.1, -0.05) is 13.8 Å². The molecule has 0 saturated carbocycles. The van der Waals surface area contributed by atoms with Gasteiger partial charge in [0.05, 0.1) is 6.54 Å². The van der Waals surface area contributed by atoms with Crippen molar-refractivity contribution in [3.63, 3.8) is 0 Å². The summed E-state index contributed by atoms with van der Waals surface area (Å²) in [6.45, 7) is 5.85. The zero-order valence-corrected chi connectivity index (χ0v) is 8.19. The fourth-order valence-corrected chi connectivity index (χ4v) is 1.47. The molecule has 0 aromatic rings. The molecule has 1 aliphatic heterocycles. The number of hydrogen-bond donors (Lipinski definition) is 0. The Hall–Kier alpha value is -0.900. The van der Waals surface area contributed by atoms with Crippen molar-refractivity contribution in [2.75, 3.05) is 19.6 Å². The summed E-state index contributed by atoms with van der Waals surface area (Å²) in [7, 11) is 0. The molecule has 0 spiro atoms. The van der Waals surface area contributed by atoms with Crippen molar-refractivity contribution < 1.29 is 9.59 Å². The van der Waals surface area contributed by atoms with Crippen LogP contribution >= 0.6 is 0 Å². The van der Waals surface area contributed by atoms with Crippen LogP contribution in [-0.4, -0.2) is 41.8 Å². The fraction of sp³-hybridized carbons (Fsp3) is 0.778. The fourth-order valence-electron chi connectivity index (χ4n) is 1.47. The number of nitrogens with zero attached hydrogens (tertiary/aromatic N) is 2. The molecule has 0 radical (unpaired) electrons. The Bertz CT molecular complexity index is 204. The molecule has 0 aliphatic carbocycles. The summed E-state index contributed by atoms with van der Waals surface area (Å²) < 4.78 is 0. The second kappa shape index (κ2) is 4.37. The third kappa shape index (κ3) is 2.52. The smallest absolute Gasteiger partial charge is 0.238 e. The molecule has 0 aromatic heterocycles. The SMILES string of the molecule is CC(C)CN1C(=O)CCN1CC=O. The molecule has 0 bridgehead atoms. The van der Waals surface area contributed by atoms with E-state index in [1.54, 1.807) is 5.01 Å². The van der Waals surface area contributed by atoms with Gasteiger partial charge in [0.2, 0.25) is 5.91 Å². The molecule has 4 nitrogen and oxygen atoms in total. The van der Waals surface area contributed by atoms with E-state index in [4.69, 9.17) is 0 Å². The van der Waals surface area contributed by atoms with Gasteiger partial charge in [-0.3, -0.25) is 9.80 Å². The third-order valence-corrected chi connectivity index (χ3v) is 2.04. The normalized spacial score (nSPS) is 18.7. The highest BCUT2D eigenvalue weighted by Gasteiger charge is 2.28. The van der Waals surface area contributed by atoms with E-state index in [0.29, 0.717) is 32.0 Å². The number of carbonyl (C=O) groups excluding carboxylic acids is 2. The maximum Gasteiger partial charge on any atom is 0.238 e. The van der Waals surface area contributed by atoms with Gasteiger partial charge in [-0.2, -0.15) is 0 Å². The molecule has 1 amide bonds. The molecule has 0 aromatic carbocycles. The maximum atomic E-state index is 11.4. The molecule has 0 atom stereocenters. The van der Waals surface area contributed by atoms with Crippen molar-refractivity contribution in [3.8, 4) is 0 Å². The van der Waals surface area contributed by atoms with E-state index < -0.39 is 0 Å². The first-order chi connectivity index (χ1) is 6.15. The minimum absolute atomic E-state index is 0.135. The molecule has 1 aliphatic rings. The van der Waals surface area contributed by atoms with Gasteiger partial charge >= 0.3 is 0 Å². The lowest BCUT2D eigenvalue weighted by molar-refractivity contribution is -0.139. The molecule has 74 valence electrons. The van der Waals surface area contributed by atoms with Crippen LogP contribution in [-0.2, 0) is 9.59 Å². The van der Waals surface area contributed by atoms with Crippen LogP contribution in [0.15, 0.2) is 0 Å². The Morgan fingerprint density at radius 1 is 1.54 bits per heavy atom. The van der Waals surface area contributed by atoms with Crippen molar-refractivity contribution in [3.05, 3.63) is 0 Å². The van der Waals surface area contributed by atoms with Gasteiger partial charge < -0.3 is 4.79 Å². The molecule has 0 N–H and O–H groups in total. The molecular formula is C9H16N2O2. The Morgan fingerprint density at radius 2 is 2.23 bits per heavy atom. The van der Waals surface area contributed by atoms with E-state index in [1.807, 2.05) is 5.01 Å². The van der Waals surface area contributed by atoms with Gasteiger partial charge in [-0.05, 0) is 5.92 Å². The summed E-state index contributed by atoms with van der Waals surface area (Å²) in [5.41, 5.74) is 0. The van der Waals surface area contributed by atoms with Gasteiger partial charge in [0.15, 0.2) is 0 Å². The molecule has 1 heterocycles. The van der Waals surface area contributed by atoms with Crippen LogP contribution in [0.2, 0.25) is 0 Å². The van der Waals surface area contributed by atoms with Gasteiger partial charge in [0.1, 0.15) is 6.29 Å². The first-order valence-electron chi connectivity index (χ1n) is 4.64. The molecule has 0 unspecified atom stereocenters. The Kier molecular flexibility index (Phi) is 3.42. The molecule has 13 heavy (non-hydrogen) atoms. The Labute approximate surface area is 78.5 Å². The lowest BCUT2D eigenvalue weighted by Crippen LogP contribution is -2.42. The minimum atomic E-state index is 0.135. The van der Waals surface area contributed by atoms with Gasteiger partial charge in [0, 0.05) is 19.5 Å². The lowest BCUT2D eigenvalue weighted by atomic mass is 10.2. The number of rotatable bonds is 4. The second-order valence-electron chi connectivity index (χ2n) is 3.70. The Balaban J connectivity index is 2.54. The van der Waals surface area contributed by atoms with E-state index >= 15 is 0 Å². The highest BCUT2D eigenvalue weighted by atomic mass is 16.2. The van der Waals surface area contributed by atoms with Gasteiger partial charge in [-0.15, -0.1) is 0 Å². The quantitative estimate of drug-likeness (QED) is 0.590. The molecule has 4 heteroatoms. The predicted molar refractivity (Wildman–Crippen MR) is 48.8 cm³/mol. The minimum Gasteiger partial charge on any atom is -0.302 e. The first kappa shape index (κ1) is 10.2. The summed E-state index contributed by atoms with van der Waals surface area (Å²) in [6, 6.07) is 0. The van der Waals surface area contributed by atoms with Crippen molar-refractivity contribution >= 4 is 12.2 Å². The van der Waals surface area contributed by atoms with Crippen LogP contribution in [0.1, 0.15) is 20.3 Å². The van der Waals surface area contributed by atoms with E-state index in [1.165, 1.54) is 0 Å². The number of hydrazine groups is 1. The average molecular weight is 184 g/mol. The predicted octanol–water partition coefficient (Wildman–Crippen LogP) is 0.291. The zero-order chi connectivity index (χ0) is 9.84. The van der Waals surface area contributed by atoms with Crippen LogP contribution in [0.3, 0.4) is 0 Å². The lowest BCUT2D eigenvalue weighted by Gasteiger charge is -2.27. The number of aldehydes is 1. The summed E-state index contributed by atoms with van der Waals surface area (Å²) in [5, 5.41) is 3.51. The maximum absolute atomic E-state index is 11.4. The molecule has 1 fully saturated rings. The van der Waals surface area contributed by atoms with Gasteiger partial charge in [-0.25, -0.2) is 5.01 Å². The van der Waals surface area contributed by atoms with Crippen LogP contribution in [0.5, 0.6) is 0 Å². The Morgan fingerprint density at radius 3 is 2.77 bits per heavy atom. The largest absolute Gasteiger partial charge is 0.302 e. The topological polar surface area (TPSA) is 40.6 Å². The van der Waals surface area contributed by atoms with E-state index in [0.717, 1.165) is 6.29 Å². The zero-order valence-electron chi connectivity index (χ0n) is 8.19. The number of amides is 1. The first-order valence-corrected chi connectivity index (χ1v) is 4.64. The standard InChI is InChI=1S/C9H16N2O2/c1-8(2)7-11-9(13)3-4-10(11)5-6-12/h6,8H,3-5,7H2,1-2H3. The summed E-state index contributed by atoms with van der Waals surface area (Å²) in [6.07, 6.45) is 1.38. The average Bonchev–Trinajstić information content (AvgIpc) is 2.36. The van der Waals surface area contributed by atoms with Crippen LogP contribution in [0, 0.1) is 5.92 Å². The van der Waals surface area contributed by atoms with Crippen molar-refractivity contribution in [1.82, 2.24) is 10.0 Å². The summed E-state index contributed by atoms with van der Waals surface area (Å²) >= 11 is 0. The van der Waals surface area contributed by atoms with Gasteiger partial charge in [0.25, 0.3) is 0 Å². The van der Waals surface area contributed by atoms with Crippen LogP contribution < -0.4 is 0 Å². The number of carbonyl (C=O) groups is 2. The van der Waals surface area contributed by atoms with Crippen LogP contribution in [0.4, 0.5) is 0 Å². The van der Waals surface area contributed by atoms with E-state index in [2.05, 4.69) is 13.8 Å². The van der Waals surface area contributed by atoms with E-state index in [-0.39, 0.29) is 5.91 Å². The van der Waals surface area contributed by atoms with E-state index in [9.17, 15) is 9.59 Å². The monoisotopic (exact) mass is 184 g/mol. The summed E-state index contributed by atoms with van der Waals surface area (Å²) in [5.74, 6) is 0.576. The van der Waals surface area contributed by atoms with Crippen molar-refractivity contribution in [1.29, 1.82) is 0 Å². The molecule has 1 rings (SSSR count). The highest BCUT2D eigenvalue weighted by Crippen LogP contribution is 2.13. The summed E-state index contributed by atoms with van der Waals surface area (Å²) in [4.78, 5) is 21.7. The van der Waals surface area contributed by atoms with Crippen molar-refractivity contribution in [2.24, 2.45) is 5.92 Å². The van der Waals surface area contributed by atoms with Crippen molar-refractivity contribution in [2.45, 2.75) is 20.3 Å². The number of hydrogen-bond acceptors (Lipinski definition) is 3. The molecular weight excluding hydrogens is 168 g/mol. The highest BCUT2D eigenvalue weighted by molar-refractivity contribution is 5.78. The molecule has 1 saturated heterocycles. The second-order valence-corrected chi connectivity index (χ2v) is 3.70.